The van der Waals surface area contributed by atoms with Gasteiger partial charge in [-0.2, -0.15) is 0 Å². The number of nitrogens with one attached hydrogen (secondary N) is 1. The number of allylic oxidation sites excluding steroid dienone is 1. The Morgan fingerprint density at radius 3 is 2.74 bits per heavy atom. The van der Waals surface area contributed by atoms with Gasteiger partial charge in [0.05, 0.1) is 26.2 Å². The van der Waals surface area contributed by atoms with Crippen molar-refractivity contribution in [2.24, 2.45) is 4.99 Å². The first-order valence-corrected chi connectivity index (χ1v) is 11.1. The lowest BCUT2D eigenvalue weighted by atomic mass is 9.88. The average molecular weight is 476 g/mol. The lowest BCUT2D eigenvalue weighted by Crippen LogP contribution is -2.42. The van der Waals surface area contributed by atoms with Crippen molar-refractivity contribution in [2.45, 2.75) is 26.3 Å². The molecule has 4 rings (SSSR count). The van der Waals surface area contributed by atoms with E-state index >= 15 is 0 Å². The van der Waals surface area contributed by atoms with Crippen LogP contribution in [0, 0.1) is 5.82 Å². The Labute approximate surface area is 194 Å². The van der Waals surface area contributed by atoms with Crippen LogP contribution in [0.5, 0.6) is 0 Å². The van der Waals surface area contributed by atoms with E-state index in [4.69, 9.17) is 23.2 Å². The van der Waals surface area contributed by atoms with Gasteiger partial charge in [-0.25, -0.2) is 9.38 Å². The summed E-state index contributed by atoms with van der Waals surface area (Å²) in [4.78, 5) is 19.2. The first-order valence-electron chi connectivity index (χ1n) is 9.57. The molecule has 0 spiro atoms. The Hall–Kier alpha value is -2.28. The normalized spacial score (nSPS) is 20.2. The fourth-order valence-electron chi connectivity index (χ4n) is 3.61. The first-order chi connectivity index (χ1) is 14.6. The maximum atomic E-state index is 15.0. The Kier molecular flexibility index (Phi) is 5.66. The fraction of sp³-hybridized carbons (Fsp3) is 0.217. The standard InChI is InChI=1S/C23H20Cl2FN3OS/c1-12-11-23(2,3)29(4)18-10-16(26)13(8-14(12)18)9-19-21(30)28-22(31-19)27-17-7-5-6-15(24)20(17)25/h5-11H,1-4H3,(H,27,28,30)/b19-9+. The van der Waals surface area contributed by atoms with Crippen LogP contribution in [0.2, 0.25) is 10.0 Å². The molecule has 160 valence electrons. The molecule has 2 aromatic carbocycles. The zero-order chi connectivity index (χ0) is 22.5. The van der Waals surface area contributed by atoms with Crippen molar-refractivity contribution in [2.75, 3.05) is 11.9 Å². The highest BCUT2D eigenvalue weighted by molar-refractivity contribution is 8.18. The number of nitrogens with zero attached hydrogens (tertiary/aromatic N) is 2. The van der Waals surface area contributed by atoms with Crippen molar-refractivity contribution in [3.05, 3.63) is 68.3 Å². The molecule has 0 radical (unpaired) electrons. The number of carbonyl (C=O) groups excluding carboxylic acids is 1. The van der Waals surface area contributed by atoms with Crippen molar-refractivity contribution in [1.82, 2.24) is 5.32 Å². The number of aliphatic imine (C=N–C) groups is 1. The molecule has 31 heavy (non-hydrogen) atoms. The molecule has 8 heteroatoms. The average Bonchev–Trinajstić information content (AvgIpc) is 3.03. The van der Waals surface area contributed by atoms with Crippen LogP contribution in [0.1, 0.15) is 31.9 Å². The summed E-state index contributed by atoms with van der Waals surface area (Å²) in [6.07, 6.45) is 3.70. The second-order valence-corrected chi connectivity index (χ2v) is 9.80. The van der Waals surface area contributed by atoms with Gasteiger partial charge in [-0.1, -0.05) is 35.3 Å². The van der Waals surface area contributed by atoms with Crippen LogP contribution in [-0.2, 0) is 4.79 Å². The number of amidine groups is 1. The smallest absolute Gasteiger partial charge is 0.264 e. The van der Waals surface area contributed by atoms with E-state index < -0.39 is 0 Å². The number of benzene rings is 2. The number of likely N-dealkylation sites (N-methyl/N-ethyl adjacent to an activating group) is 1. The summed E-state index contributed by atoms with van der Waals surface area (Å²) < 4.78 is 15.0. The van der Waals surface area contributed by atoms with Crippen molar-refractivity contribution in [3.63, 3.8) is 0 Å². The van der Waals surface area contributed by atoms with Crippen molar-refractivity contribution >= 4 is 69.1 Å². The van der Waals surface area contributed by atoms with Gasteiger partial charge in [0.25, 0.3) is 5.91 Å². The second-order valence-electron chi connectivity index (χ2n) is 7.99. The lowest BCUT2D eigenvalue weighted by Gasteiger charge is -2.40. The summed E-state index contributed by atoms with van der Waals surface area (Å²) >= 11 is 13.3. The molecule has 0 aliphatic carbocycles. The zero-order valence-corrected chi connectivity index (χ0v) is 19.7. The highest BCUT2D eigenvalue weighted by Crippen LogP contribution is 2.40. The van der Waals surface area contributed by atoms with Gasteiger partial charge in [0.1, 0.15) is 5.82 Å². The van der Waals surface area contributed by atoms with Gasteiger partial charge >= 0.3 is 0 Å². The zero-order valence-electron chi connectivity index (χ0n) is 17.4. The summed E-state index contributed by atoms with van der Waals surface area (Å²) in [6.45, 7) is 6.18. The minimum atomic E-state index is -0.389. The molecule has 1 amide bonds. The maximum absolute atomic E-state index is 15.0. The molecule has 2 aliphatic rings. The summed E-state index contributed by atoms with van der Waals surface area (Å²) in [6, 6.07) is 8.39. The van der Waals surface area contributed by atoms with Gasteiger partial charge in [0.2, 0.25) is 0 Å². The molecule has 1 saturated heterocycles. The minimum Gasteiger partial charge on any atom is -0.365 e. The number of thioether (sulfide) groups is 1. The van der Waals surface area contributed by atoms with E-state index in [1.807, 2.05) is 18.9 Å². The SMILES string of the molecule is CC1=CC(C)(C)N(C)c2cc(F)c(/C=C3/SC(=Nc4cccc(Cl)c4Cl)NC3=O)cc21. The summed E-state index contributed by atoms with van der Waals surface area (Å²) in [7, 11) is 1.95. The van der Waals surface area contributed by atoms with Crippen LogP contribution in [-0.4, -0.2) is 23.7 Å². The van der Waals surface area contributed by atoms with Crippen molar-refractivity contribution in [3.8, 4) is 0 Å². The Bertz CT molecular complexity index is 1200. The van der Waals surface area contributed by atoms with Gasteiger partial charge in [0.15, 0.2) is 5.17 Å². The number of amides is 1. The predicted octanol–water partition coefficient (Wildman–Crippen LogP) is 6.66. The molecular formula is C23H20Cl2FN3OS. The summed E-state index contributed by atoms with van der Waals surface area (Å²) in [5.74, 6) is -0.732. The molecule has 1 fully saturated rings. The fourth-order valence-corrected chi connectivity index (χ4v) is 4.77. The van der Waals surface area contributed by atoms with Gasteiger partial charge in [-0.05, 0) is 68.4 Å². The third-order valence-corrected chi connectivity index (χ3v) is 7.14. The van der Waals surface area contributed by atoms with Gasteiger partial charge < -0.3 is 10.2 Å². The van der Waals surface area contributed by atoms with Crippen LogP contribution in [0.15, 0.2) is 46.3 Å². The van der Waals surface area contributed by atoms with Gasteiger partial charge in [-0.3, -0.25) is 4.79 Å². The molecule has 0 saturated carbocycles. The molecule has 0 atom stereocenters. The number of hydrogen-bond acceptors (Lipinski definition) is 4. The summed E-state index contributed by atoms with van der Waals surface area (Å²) in [5.41, 5.74) is 3.42. The second kappa shape index (κ2) is 8.01. The third kappa shape index (κ3) is 4.12. The molecule has 0 aromatic heterocycles. The van der Waals surface area contributed by atoms with E-state index in [0.717, 1.165) is 28.6 Å². The molecule has 1 N–H and O–H groups in total. The maximum Gasteiger partial charge on any atom is 0.264 e. The number of halogens is 3. The number of anilines is 1. The Morgan fingerprint density at radius 2 is 2.00 bits per heavy atom. The largest absolute Gasteiger partial charge is 0.365 e. The number of rotatable bonds is 2. The Morgan fingerprint density at radius 1 is 1.26 bits per heavy atom. The predicted molar refractivity (Wildman–Crippen MR) is 130 cm³/mol. The Balaban J connectivity index is 1.68. The van der Waals surface area contributed by atoms with E-state index in [-0.39, 0.29) is 17.3 Å². The third-order valence-electron chi connectivity index (χ3n) is 5.43. The molecule has 2 heterocycles. The van der Waals surface area contributed by atoms with Crippen molar-refractivity contribution < 1.29 is 9.18 Å². The van der Waals surface area contributed by atoms with E-state index in [9.17, 15) is 9.18 Å². The van der Waals surface area contributed by atoms with Crippen LogP contribution in [0.25, 0.3) is 11.6 Å². The molecule has 0 bridgehead atoms. The number of fused-ring (bicyclic) bond motifs is 1. The topological polar surface area (TPSA) is 44.7 Å². The highest BCUT2D eigenvalue weighted by Gasteiger charge is 2.30. The molecular weight excluding hydrogens is 456 g/mol. The van der Waals surface area contributed by atoms with E-state index in [2.05, 4.69) is 30.2 Å². The quantitative estimate of drug-likeness (QED) is 0.494. The summed E-state index contributed by atoms with van der Waals surface area (Å²) in [5, 5.41) is 3.73. The van der Waals surface area contributed by atoms with Gasteiger partial charge in [0, 0.05) is 23.9 Å². The molecule has 2 aliphatic heterocycles. The van der Waals surface area contributed by atoms with E-state index in [1.165, 1.54) is 6.07 Å². The lowest BCUT2D eigenvalue weighted by molar-refractivity contribution is -0.115. The van der Waals surface area contributed by atoms with Crippen LogP contribution in [0.4, 0.5) is 15.8 Å². The minimum absolute atomic E-state index is 0.211. The monoisotopic (exact) mass is 475 g/mol. The number of hydrogen-bond donors (Lipinski definition) is 1. The van der Waals surface area contributed by atoms with Crippen LogP contribution >= 0.6 is 35.0 Å². The van der Waals surface area contributed by atoms with Crippen LogP contribution in [0.3, 0.4) is 0 Å². The highest BCUT2D eigenvalue weighted by atomic mass is 35.5. The van der Waals surface area contributed by atoms with E-state index in [0.29, 0.717) is 31.4 Å². The first kappa shape index (κ1) is 21.9. The number of carbonyl (C=O) groups is 1. The molecule has 4 nitrogen and oxygen atoms in total. The van der Waals surface area contributed by atoms with Crippen molar-refractivity contribution in [1.29, 1.82) is 0 Å². The van der Waals surface area contributed by atoms with Gasteiger partial charge in [-0.15, -0.1) is 0 Å². The molecule has 2 aromatic rings. The van der Waals surface area contributed by atoms with Crippen LogP contribution < -0.4 is 10.2 Å². The molecule has 0 unspecified atom stereocenters. The van der Waals surface area contributed by atoms with E-state index in [1.54, 1.807) is 30.3 Å².